The standard InChI is InChI=1S/C17H15N3O2S/c21-17(20-16-8-4-10-23-16)19-12-13-5-3-6-14(11-13)22-15-7-1-2-9-18-15/h1-11H,12H2,(H2,19,20,21). The fraction of sp³-hybridized carbons (Fsp3) is 0.0588. The van der Waals surface area contributed by atoms with Crippen LogP contribution >= 0.6 is 11.3 Å². The van der Waals surface area contributed by atoms with Gasteiger partial charge < -0.3 is 10.1 Å². The summed E-state index contributed by atoms with van der Waals surface area (Å²) in [6.07, 6.45) is 1.68. The second kappa shape index (κ2) is 7.42. The van der Waals surface area contributed by atoms with E-state index >= 15 is 0 Å². The normalized spacial score (nSPS) is 10.1. The molecule has 0 spiro atoms. The number of aromatic nitrogens is 1. The molecule has 0 aliphatic rings. The Morgan fingerprint density at radius 3 is 2.87 bits per heavy atom. The summed E-state index contributed by atoms with van der Waals surface area (Å²) < 4.78 is 5.67. The predicted molar refractivity (Wildman–Crippen MR) is 90.9 cm³/mol. The van der Waals surface area contributed by atoms with Crippen LogP contribution in [0.4, 0.5) is 9.80 Å². The Kier molecular flexibility index (Phi) is 4.85. The first-order valence-corrected chi connectivity index (χ1v) is 7.94. The zero-order chi connectivity index (χ0) is 15.9. The molecule has 6 heteroatoms. The van der Waals surface area contributed by atoms with Gasteiger partial charge in [-0.05, 0) is 41.3 Å². The van der Waals surface area contributed by atoms with Crippen molar-refractivity contribution in [3.05, 3.63) is 71.7 Å². The minimum absolute atomic E-state index is 0.233. The van der Waals surface area contributed by atoms with Gasteiger partial charge in [0.2, 0.25) is 5.88 Å². The van der Waals surface area contributed by atoms with Crippen LogP contribution in [0, 0.1) is 0 Å². The maximum atomic E-state index is 11.8. The molecule has 0 aliphatic carbocycles. The molecule has 0 aliphatic heterocycles. The summed E-state index contributed by atoms with van der Waals surface area (Å²) in [6, 6.07) is 16.5. The lowest BCUT2D eigenvalue weighted by atomic mass is 10.2. The summed E-state index contributed by atoms with van der Waals surface area (Å²) in [6.45, 7) is 0.413. The largest absolute Gasteiger partial charge is 0.439 e. The van der Waals surface area contributed by atoms with Crippen molar-refractivity contribution < 1.29 is 9.53 Å². The van der Waals surface area contributed by atoms with Gasteiger partial charge in [0.15, 0.2) is 0 Å². The lowest BCUT2D eigenvalue weighted by Crippen LogP contribution is -2.27. The second-order valence-corrected chi connectivity index (χ2v) is 5.65. The smallest absolute Gasteiger partial charge is 0.320 e. The molecule has 1 aromatic carbocycles. The van der Waals surface area contributed by atoms with E-state index in [-0.39, 0.29) is 6.03 Å². The Balaban J connectivity index is 1.56. The minimum Gasteiger partial charge on any atom is -0.439 e. The molecule has 0 saturated carbocycles. The Morgan fingerprint density at radius 1 is 1.13 bits per heavy atom. The maximum Gasteiger partial charge on any atom is 0.320 e. The van der Waals surface area contributed by atoms with Gasteiger partial charge in [0.05, 0.1) is 5.00 Å². The number of rotatable bonds is 5. The van der Waals surface area contributed by atoms with Crippen molar-refractivity contribution in [2.24, 2.45) is 0 Å². The van der Waals surface area contributed by atoms with E-state index in [4.69, 9.17) is 4.74 Å². The van der Waals surface area contributed by atoms with Crippen molar-refractivity contribution >= 4 is 22.4 Å². The van der Waals surface area contributed by atoms with Crippen LogP contribution in [0.15, 0.2) is 66.2 Å². The van der Waals surface area contributed by atoms with Crippen molar-refractivity contribution in [1.29, 1.82) is 0 Å². The molecule has 0 radical (unpaired) electrons. The Hall–Kier alpha value is -2.86. The van der Waals surface area contributed by atoms with Crippen molar-refractivity contribution in [3.8, 4) is 11.6 Å². The van der Waals surface area contributed by atoms with Gasteiger partial charge in [-0.15, -0.1) is 11.3 Å². The number of hydrogen-bond donors (Lipinski definition) is 2. The van der Waals surface area contributed by atoms with E-state index in [2.05, 4.69) is 15.6 Å². The maximum absolute atomic E-state index is 11.8. The number of thiophene rings is 1. The third-order valence-electron chi connectivity index (χ3n) is 2.97. The van der Waals surface area contributed by atoms with Crippen LogP contribution in [-0.2, 0) is 6.54 Å². The summed E-state index contributed by atoms with van der Waals surface area (Å²) in [5.41, 5.74) is 0.944. The van der Waals surface area contributed by atoms with Gasteiger partial charge >= 0.3 is 6.03 Å². The number of urea groups is 1. The fourth-order valence-corrected chi connectivity index (χ4v) is 2.55. The monoisotopic (exact) mass is 325 g/mol. The zero-order valence-corrected chi connectivity index (χ0v) is 13.0. The summed E-state index contributed by atoms with van der Waals surface area (Å²) in [4.78, 5) is 15.9. The van der Waals surface area contributed by atoms with E-state index in [0.29, 0.717) is 18.2 Å². The highest BCUT2D eigenvalue weighted by Crippen LogP contribution is 2.20. The number of pyridine rings is 1. The molecule has 0 unspecified atom stereocenters. The topological polar surface area (TPSA) is 63.2 Å². The van der Waals surface area contributed by atoms with E-state index in [1.807, 2.05) is 53.9 Å². The molecule has 0 fully saturated rings. The Labute approximate surface area is 138 Å². The third-order valence-corrected chi connectivity index (χ3v) is 3.75. The van der Waals surface area contributed by atoms with Crippen molar-refractivity contribution in [2.45, 2.75) is 6.54 Å². The number of ether oxygens (including phenoxy) is 1. The van der Waals surface area contributed by atoms with Crippen LogP contribution in [0.25, 0.3) is 0 Å². The molecule has 2 amide bonds. The lowest BCUT2D eigenvalue weighted by Gasteiger charge is -2.08. The first-order valence-electron chi connectivity index (χ1n) is 7.06. The molecular weight excluding hydrogens is 310 g/mol. The van der Waals surface area contributed by atoms with Crippen LogP contribution in [0.2, 0.25) is 0 Å². The number of anilines is 1. The van der Waals surface area contributed by atoms with Gasteiger partial charge in [0.25, 0.3) is 0 Å². The summed E-state index contributed by atoms with van der Waals surface area (Å²) in [5, 5.41) is 8.31. The average Bonchev–Trinajstić information content (AvgIpc) is 3.07. The quantitative estimate of drug-likeness (QED) is 0.737. The number of benzene rings is 1. The molecule has 2 N–H and O–H groups in total. The average molecular weight is 325 g/mol. The van der Waals surface area contributed by atoms with E-state index in [9.17, 15) is 4.79 Å². The molecule has 2 heterocycles. The molecule has 2 aromatic heterocycles. The molecule has 5 nitrogen and oxygen atoms in total. The van der Waals surface area contributed by atoms with Crippen LogP contribution in [0.1, 0.15) is 5.56 Å². The highest BCUT2D eigenvalue weighted by molar-refractivity contribution is 7.14. The van der Waals surface area contributed by atoms with E-state index in [0.717, 1.165) is 10.6 Å². The number of hydrogen-bond acceptors (Lipinski definition) is 4. The van der Waals surface area contributed by atoms with E-state index < -0.39 is 0 Å². The third kappa shape index (κ3) is 4.55. The number of amides is 2. The molecule has 0 atom stereocenters. The zero-order valence-electron chi connectivity index (χ0n) is 12.2. The van der Waals surface area contributed by atoms with Crippen LogP contribution in [0.3, 0.4) is 0 Å². The highest BCUT2D eigenvalue weighted by atomic mass is 32.1. The van der Waals surface area contributed by atoms with Gasteiger partial charge in [0.1, 0.15) is 5.75 Å². The molecule has 3 aromatic rings. The van der Waals surface area contributed by atoms with Gasteiger partial charge in [0, 0.05) is 18.8 Å². The van der Waals surface area contributed by atoms with E-state index in [1.165, 1.54) is 11.3 Å². The number of carbonyl (C=O) groups excluding carboxylic acids is 1. The lowest BCUT2D eigenvalue weighted by molar-refractivity contribution is 0.252. The van der Waals surface area contributed by atoms with Gasteiger partial charge in [-0.3, -0.25) is 5.32 Å². The Bertz CT molecular complexity index is 761. The highest BCUT2D eigenvalue weighted by Gasteiger charge is 2.04. The van der Waals surface area contributed by atoms with Crippen LogP contribution < -0.4 is 15.4 Å². The van der Waals surface area contributed by atoms with Crippen molar-refractivity contribution in [3.63, 3.8) is 0 Å². The van der Waals surface area contributed by atoms with Crippen LogP contribution in [0.5, 0.6) is 11.6 Å². The first kappa shape index (κ1) is 15.1. The van der Waals surface area contributed by atoms with E-state index in [1.54, 1.807) is 12.3 Å². The molecular formula is C17H15N3O2S. The van der Waals surface area contributed by atoms with Gasteiger partial charge in [-0.2, -0.15) is 0 Å². The predicted octanol–water partition coefficient (Wildman–Crippen LogP) is 4.26. The first-order chi connectivity index (χ1) is 11.3. The number of nitrogens with zero attached hydrogens (tertiary/aromatic N) is 1. The molecule has 116 valence electrons. The summed E-state index contributed by atoms with van der Waals surface area (Å²) in [5.74, 6) is 1.22. The van der Waals surface area contributed by atoms with Gasteiger partial charge in [-0.25, -0.2) is 9.78 Å². The second-order valence-electron chi connectivity index (χ2n) is 4.70. The fourth-order valence-electron chi connectivity index (χ4n) is 1.94. The van der Waals surface area contributed by atoms with Crippen molar-refractivity contribution in [2.75, 3.05) is 5.32 Å². The SMILES string of the molecule is O=C(NCc1cccc(Oc2ccccn2)c1)Nc1cccs1. The molecule has 0 bridgehead atoms. The molecule has 23 heavy (non-hydrogen) atoms. The number of carbonyl (C=O) groups is 1. The summed E-state index contributed by atoms with van der Waals surface area (Å²) in [7, 11) is 0. The van der Waals surface area contributed by atoms with Gasteiger partial charge in [-0.1, -0.05) is 18.2 Å². The summed E-state index contributed by atoms with van der Waals surface area (Å²) >= 11 is 1.48. The number of nitrogens with one attached hydrogen (secondary N) is 2. The Morgan fingerprint density at radius 2 is 2.09 bits per heavy atom. The minimum atomic E-state index is -0.233. The van der Waals surface area contributed by atoms with Crippen LogP contribution in [-0.4, -0.2) is 11.0 Å². The van der Waals surface area contributed by atoms with Crippen molar-refractivity contribution in [1.82, 2.24) is 10.3 Å². The molecule has 3 rings (SSSR count). The molecule has 0 saturated heterocycles.